The molecule has 0 spiro atoms. The summed E-state index contributed by atoms with van der Waals surface area (Å²) in [7, 11) is 0. The second-order valence-electron chi connectivity index (χ2n) is 6.41. The van der Waals surface area contributed by atoms with E-state index in [0.29, 0.717) is 0 Å². The lowest BCUT2D eigenvalue weighted by Crippen LogP contribution is -1.94. The van der Waals surface area contributed by atoms with Crippen LogP contribution in [0.4, 0.5) is 0 Å². The van der Waals surface area contributed by atoms with Crippen molar-refractivity contribution in [2.45, 2.75) is 96.8 Å². The molecule has 0 aromatic carbocycles. The van der Waals surface area contributed by atoms with Crippen LogP contribution in [-0.4, -0.2) is 0 Å². The normalized spacial score (nSPS) is 24.8. The summed E-state index contributed by atoms with van der Waals surface area (Å²) in [4.78, 5) is 0. The van der Waals surface area contributed by atoms with Gasteiger partial charge >= 0.3 is 0 Å². The quantitative estimate of drug-likeness (QED) is 0.342. The van der Waals surface area contributed by atoms with Gasteiger partial charge in [-0.2, -0.15) is 0 Å². The lowest BCUT2D eigenvalue weighted by Gasteiger charge is -2.10. The van der Waals surface area contributed by atoms with Gasteiger partial charge in [-0.25, -0.2) is 0 Å². The van der Waals surface area contributed by atoms with Gasteiger partial charge in [-0.15, -0.1) is 11.8 Å². The van der Waals surface area contributed by atoms with Crippen molar-refractivity contribution in [1.29, 1.82) is 0 Å². The molecule has 114 valence electrons. The molecule has 0 aromatic rings. The standard InChI is InChI=1S/C20H34/c1-20-18-16-14-12-10-8-6-4-2-3-5-7-9-11-13-15-17-19-20/h6,8,20H,2-5,7,10,12-19H2,1H3. The molecule has 0 heteroatoms. The molecule has 0 N–H and O–H groups in total. The van der Waals surface area contributed by atoms with E-state index in [1.807, 2.05) is 0 Å². The second kappa shape index (κ2) is 13.3. The van der Waals surface area contributed by atoms with Crippen molar-refractivity contribution in [3.05, 3.63) is 12.2 Å². The van der Waals surface area contributed by atoms with Crippen LogP contribution in [0.25, 0.3) is 0 Å². The van der Waals surface area contributed by atoms with Crippen LogP contribution in [0.1, 0.15) is 96.8 Å². The van der Waals surface area contributed by atoms with Crippen molar-refractivity contribution in [3.8, 4) is 11.8 Å². The van der Waals surface area contributed by atoms with Crippen LogP contribution in [0.2, 0.25) is 0 Å². The smallest absolute Gasteiger partial charge is 0.00886 e. The van der Waals surface area contributed by atoms with E-state index >= 15 is 0 Å². The van der Waals surface area contributed by atoms with Crippen molar-refractivity contribution < 1.29 is 0 Å². The lowest BCUT2D eigenvalue weighted by atomic mass is 9.96. The van der Waals surface area contributed by atoms with Gasteiger partial charge in [0.2, 0.25) is 0 Å². The lowest BCUT2D eigenvalue weighted by molar-refractivity contribution is 0.443. The highest BCUT2D eigenvalue weighted by molar-refractivity contribution is 4.98. The topological polar surface area (TPSA) is 0 Å². The van der Waals surface area contributed by atoms with Crippen LogP contribution in [0.5, 0.6) is 0 Å². The van der Waals surface area contributed by atoms with Crippen molar-refractivity contribution in [1.82, 2.24) is 0 Å². The van der Waals surface area contributed by atoms with Crippen LogP contribution in [0.15, 0.2) is 12.2 Å². The summed E-state index contributed by atoms with van der Waals surface area (Å²) in [6, 6.07) is 0. The predicted octanol–water partition coefficient (Wildman–Crippen LogP) is 6.66. The van der Waals surface area contributed by atoms with Gasteiger partial charge < -0.3 is 0 Å². The molecule has 0 aliphatic heterocycles. The third-order valence-corrected chi connectivity index (χ3v) is 4.28. The van der Waals surface area contributed by atoms with Crippen LogP contribution in [-0.2, 0) is 0 Å². The monoisotopic (exact) mass is 274 g/mol. The van der Waals surface area contributed by atoms with Crippen molar-refractivity contribution in [2.24, 2.45) is 5.92 Å². The molecule has 0 heterocycles. The molecule has 0 radical (unpaired) electrons. The van der Waals surface area contributed by atoms with Crippen molar-refractivity contribution in [2.75, 3.05) is 0 Å². The molecule has 1 rings (SSSR count). The fraction of sp³-hybridized carbons (Fsp3) is 0.800. The van der Waals surface area contributed by atoms with Crippen LogP contribution in [0.3, 0.4) is 0 Å². The third-order valence-electron chi connectivity index (χ3n) is 4.28. The Balaban J connectivity index is 2.22. The third kappa shape index (κ3) is 11.2. The Morgan fingerprint density at radius 2 is 1.15 bits per heavy atom. The van der Waals surface area contributed by atoms with E-state index in [1.54, 1.807) is 0 Å². The van der Waals surface area contributed by atoms with E-state index < -0.39 is 0 Å². The molecule has 0 bridgehead atoms. The van der Waals surface area contributed by atoms with Gasteiger partial charge in [0.25, 0.3) is 0 Å². The Bertz CT molecular complexity index is 289. The van der Waals surface area contributed by atoms with E-state index in [9.17, 15) is 0 Å². The maximum atomic E-state index is 3.35. The van der Waals surface area contributed by atoms with Gasteiger partial charge in [0, 0.05) is 12.8 Å². The van der Waals surface area contributed by atoms with Gasteiger partial charge in [-0.3, -0.25) is 0 Å². The zero-order chi connectivity index (χ0) is 14.3. The van der Waals surface area contributed by atoms with Crippen LogP contribution < -0.4 is 0 Å². The first-order chi connectivity index (χ1) is 9.89. The van der Waals surface area contributed by atoms with Gasteiger partial charge in [0.05, 0.1) is 0 Å². The molecule has 0 aromatic heterocycles. The number of hydrogen-bond donors (Lipinski definition) is 0. The first-order valence-corrected chi connectivity index (χ1v) is 9.00. The molecule has 1 unspecified atom stereocenters. The van der Waals surface area contributed by atoms with E-state index in [4.69, 9.17) is 0 Å². The van der Waals surface area contributed by atoms with Gasteiger partial charge in [0.1, 0.15) is 0 Å². The Labute approximate surface area is 127 Å². The average Bonchev–Trinajstić information content (AvgIpc) is 2.45. The largest absolute Gasteiger partial charge is 0.103 e. The van der Waals surface area contributed by atoms with Gasteiger partial charge in [-0.05, 0) is 44.4 Å². The highest BCUT2D eigenvalue weighted by Gasteiger charge is 2.01. The molecule has 0 nitrogen and oxygen atoms in total. The number of allylic oxidation sites excluding steroid dienone is 2. The van der Waals surface area contributed by atoms with E-state index in [1.165, 1.54) is 77.0 Å². The predicted molar refractivity (Wildman–Crippen MR) is 90.7 cm³/mol. The zero-order valence-electron chi connectivity index (χ0n) is 13.6. The highest BCUT2D eigenvalue weighted by Crippen LogP contribution is 2.17. The van der Waals surface area contributed by atoms with Crippen molar-refractivity contribution in [3.63, 3.8) is 0 Å². The summed E-state index contributed by atoms with van der Waals surface area (Å²) >= 11 is 0. The fourth-order valence-corrected chi connectivity index (χ4v) is 2.85. The number of rotatable bonds is 0. The maximum absolute atomic E-state index is 3.35. The summed E-state index contributed by atoms with van der Waals surface area (Å²) in [5, 5.41) is 0. The highest BCUT2D eigenvalue weighted by atomic mass is 14.1. The van der Waals surface area contributed by atoms with Crippen LogP contribution in [0, 0.1) is 17.8 Å². The minimum atomic E-state index is 0.917. The molecular formula is C20H34. The van der Waals surface area contributed by atoms with E-state index in [-0.39, 0.29) is 0 Å². The van der Waals surface area contributed by atoms with Gasteiger partial charge in [-0.1, -0.05) is 57.6 Å². The first kappa shape index (κ1) is 17.4. The van der Waals surface area contributed by atoms with Gasteiger partial charge in [0.15, 0.2) is 0 Å². The van der Waals surface area contributed by atoms with E-state index in [2.05, 4.69) is 30.9 Å². The summed E-state index contributed by atoms with van der Waals surface area (Å²) in [6.07, 6.45) is 23.3. The SMILES string of the molecule is CC1CCCCC#CCCCCCC=CCCCCC1. The Hall–Kier alpha value is -0.700. The molecule has 0 amide bonds. The Morgan fingerprint density at radius 3 is 1.80 bits per heavy atom. The molecule has 0 saturated heterocycles. The Morgan fingerprint density at radius 1 is 0.650 bits per heavy atom. The summed E-state index contributed by atoms with van der Waals surface area (Å²) in [5.41, 5.74) is 0. The molecule has 1 atom stereocenters. The molecule has 1 aliphatic rings. The minimum Gasteiger partial charge on any atom is -0.103 e. The van der Waals surface area contributed by atoms with Crippen LogP contribution >= 0.6 is 0 Å². The molecule has 0 saturated carbocycles. The molecule has 20 heavy (non-hydrogen) atoms. The second-order valence-corrected chi connectivity index (χ2v) is 6.41. The molecule has 1 aliphatic carbocycles. The minimum absolute atomic E-state index is 0.917. The summed E-state index contributed by atoms with van der Waals surface area (Å²) in [6.45, 7) is 2.42. The van der Waals surface area contributed by atoms with Crippen molar-refractivity contribution >= 4 is 0 Å². The first-order valence-electron chi connectivity index (χ1n) is 9.00. The summed E-state index contributed by atoms with van der Waals surface area (Å²) < 4.78 is 0. The number of hydrogen-bond acceptors (Lipinski definition) is 0. The molecule has 0 fully saturated rings. The Kier molecular flexibility index (Phi) is 11.5. The maximum Gasteiger partial charge on any atom is 0.00886 e. The zero-order valence-corrected chi connectivity index (χ0v) is 13.6. The van der Waals surface area contributed by atoms with E-state index in [0.717, 1.165) is 18.8 Å². The molecular weight excluding hydrogens is 240 g/mol. The average molecular weight is 274 g/mol. The fourth-order valence-electron chi connectivity index (χ4n) is 2.85. The summed E-state index contributed by atoms with van der Waals surface area (Å²) in [5.74, 6) is 7.61.